The molecule has 1 unspecified atom stereocenters. The Kier molecular flexibility index (Phi) is 4.05. The van der Waals surface area contributed by atoms with Crippen molar-refractivity contribution < 1.29 is 4.79 Å². The molecule has 0 N–H and O–H groups in total. The van der Waals surface area contributed by atoms with E-state index in [0.29, 0.717) is 17.5 Å². The van der Waals surface area contributed by atoms with Gasteiger partial charge in [0, 0.05) is 31.7 Å². The van der Waals surface area contributed by atoms with Gasteiger partial charge in [0.15, 0.2) is 0 Å². The monoisotopic (exact) mass is 255 g/mol. The van der Waals surface area contributed by atoms with Crippen molar-refractivity contribution in [3.05, 3.63) is 18.0 Å². The Hall–Kier alpha value is -1.03. The van der Waals surface area contributed by atoms with Crippen molar-refractivity contribution in [2.24, 2.45) is 7.05 Å². The average Bonchev–Trinajstić information content (AvgIpc) is 2.94. The van der Waals surface area contributed by atoms with Gasteiger partial charge in [0.05, 0.1) is 11.8 Å². The van der Waals surface area contributed by atoms with E-state index in [2.05, 4.69) is 5.10 Å². The first kappa shape index (κ1) is 12.4. The Balaban J connectivity index is 2.03. The lowest BCUT2D eigenvalue weighted by Gasteiger charge is -2.23. The molecule has 1 aromatic rings. The molecule has 5 heteroatoms. The second-order valence-electron chi connectivity index (χ2n) is 4.53. The topological polar surface area (TPSA) is 38.1 Å². The van der Waals surface area contributed by atoms with Gasteiger partial charge >= 0.3 is 0 Å². The summed E-state index contributed by atoms with van der Waals surface area (Å²) in [5.41, 5.74) is 0.685. The zero-order valence-electron chi connectivity index (χ0n) is 10.1. The normalized spacial score (nSPS) is 19.9. The minimum Gasteiger partial charge on any atom is -0.336 e. The van der Waals surface area contributed by atoms with Crippen LogP contribution in [0, 0.1) is 0 Å². The number of carbonyl (C=O) groups excluding carboxylic acids is 1. The van der Waals surface area contributed by atoms with E-state index in [4.69, 9.17) is 11.6 Å². The average molecular weight is 256 g/mol. The zero-order valence-corrected chi connectivity index (χ0v) is 10.9. The summed E-state index contributed by atoms with van der Waals surface area (Å²) in [6.07, 6.45) is 7.60. The largest absolute Gasteiger partial charge is 0.336 e. The smallest absolute Gasteiger partial charge is 0.257 e. The molecule has 4 nitrogen and oxygen atoms in total. The second-order valence-corrected chi connectivity index (χ2v) is 4.91. The van der Waals surface area contributed by atoms with Crippen LogP contribution < -0.4 is 0 Å². The molecule has 94 valence electrons. The molecule has 0 saturated carbocycles. The van der Waals surface area contributed by atoms with E-state index in [1.807, 2.05) is 11.9 Å². The molecular weight excluding hydrogens is 238 g/mol. The molecule has 1 aliphatic heterocycles. The Bertz CT molecular complexity index is 391. The summed E-state index contributed by atoms with van der Waals surface area (Å²) in [6.45, 7) is 0.862. The standard InChI is InChI=1S/C12H18ClN3O/c1-15-9-10(8-14-15)12(17)16-7-3-5-11(16)4-2-6-13/h8-9,11H,2-7H2,1H3. The first-order valence-corrected chi connectivity index (χ1v) is 6.61. The summed E-state index contributed by atoms with van der Waals surface area (Å²) in [6, 6.07) is 0.362. The predicted molar refractivity (Wildman–Crippen MR) is 67.2 cm³/mol. The number of aromatic nitrogens is 2. The number of hydrogen-bond donors (Lipinski definition) is 0. The van der Waals surface area contributed by atoms with Gasteiger partial charge in [0.2, 0.25) is 0 Å². The molecular formula is C12H18ClN3O. The number of aryl methyl sites for hydroxylation is 1. The van der Waals surface area contributed by atoms with Gasteiger partial charge in [-0.25, -0.2) is 0 Å². The highest BCUT2D eigenvalue weighted by Gasteiger charge is 2.29. The molecule has 0 aliphatic carbocycles. The molecule has 0 aromatic carbocycles. The molecule has 1 aromatic heterocycles. The highest BCUT2D eigenvalue weighted by molar-refractivity contribution is 6.17. The molecule has 1 fully saturated rings. The summed E-state index contributed by atoms with van der Waals surface area (Å²) in [4.78, 5) is 14.2. The molecule has 2 heterocycles. The number of amides is 1. The first-order chi connectivity index (χ1) is 8.22. The van der Waals surface area contributed by atoms with E-state index >= 15 is 0 Å². The van der Waals surface area contributed by atoms with Crippen molar-refractivity contribution in [1.82, 2.24) is 14.7 Å². The van der Waals surface area contributed by atoms with E-state index in [1.54, 1.807) is 17.1 Å². The van der Waals surface area contributed by atoms with E-state index in [9.17, 15) is 4.79 Å². The van der Waals surface area contributed by atoms with Crippen molar-refractivity contribution in [2.75, 3.05) is 12.4 Å². The molecule has 1 atom stereocenters. The van der Waals surface area contributed by atoms with Crippen molar-refractivity contribution in [3.8, 4) is 0 Å². The minimum atomic E-state index is 0.107. The van der Waals surface area contributed by atoms with Crippen LogP contribution >= 0.6 is 11.6 Å². The maximum atomic E-state index is 12.3. The van der Waals surface area contributed by atoms with Crippen LogP contribution in [0.5, 0.6) is 0 Å². The molecule has 1 saturated heterocycles. The summed E-state index contributed by atoms with van der Waals surface area (Å²) in [5, 5.41) is 4.04. The lowest BCUT2D eigenvalue weighted by atomic mass is 10.1. The summed E-state index contributed by atoms with van der Waals surface area (Å²) < 4.78 is 1.66. The molecule has 2 rings (SSSR count). The summed E-state index contributed by atoms with van der Waals surface area (Å²) in [5.74, 6) is 0.779. The lowest BCUT2D eigenvalue weighted by Crippen LogP contribution is -2.35. The van der Waals surface area contributed by atoms with E-state index < -0.39 is 0 Å². The third kappa shape index (κ3) is 2.80. The van der Waals surface area contributed by atoms with Crippen LogP contribution in [-0.2, 0) is 7.05 Å². The first-order valence-electron chi connectivity index (χ1n) is 6.08. The van der Waals surface area contributed by atoms with Crippen LogP contribution in [0.25, 0.3) is 0 Å². The van der Waals surface area contributed by atoms with Crippen molar-refractivity contribution >= 4 is 17.5 Å². The van der Waals surface area contributed by atoms with Gasteiger partial charge in [-0.2, -0.15) is 5.10 Å². The van der Waals surface area contributed by atoms with E-state index in [1.165, 1.54) is 0 Å². The zero-order chi connectivity index (χ0) is 12.3. The van der Waals surface area contributed by atoms with Crippen LogP contribution in [0.2, 0.25) is 0 Å². The van der Waals surface area contributed by atoms with Crippen LogP contribution in [-0.4, -0.2) is 39.1 Å². The van der Waals surface area contributed by atoms with Crippen LogP contribution in [0.15, 0.2) is 12.4 Å². The minimum absolute atomic E-state index is 0.107. The summed E-state index contributed by atoms with van der Waals surface area (Å²) in [7, 11) is 1.83. The fourth-order valence-electron chi connectivity index (χ4n) is 2.41. The number of nitrogens with zero attached hydrogens (tertiary/aromatic N) is 3. The third-order valence-corrected chi connectivity index (χ3v) is 3.53. The Labute approximate surface area is 107 Å². The predicted octanol–water partition coefficient (Wildman–Crippen LogP) is 2.04. The fourth-order valence-corrected chi connectivity index (χ4v) is 2.57. The Morgan fingerprint density at radius 2 is 2.47 bits per heavy atom. The highest BCUT2D eigenvalue weighted by Crippen LogP contribution is 2.23. The van der Waals surface area contributed by atoms with Crippen LogP contribution in [0.1, 0.15) is 36.0 Å². The summed E-state index contributed by atoms with van der Waals surface area (Å²) >= 11 is 5.71. The van der Waals surface area contributed by atoms with Gasteiger partial charge in [0.1, 0.15) is 0 Å². The number of alkyl halides is 1. The van der Waals surface area contributed by atoms with Gasteiger partial charge in [-0.3, -0.25) is 9.48 Å². The van der Waals surface area contributed by atoms with Gasteiger partial charge in [0.25, 0.3) is 5.91 Å². The SMILES string of the molecule is Cn1cc(C(=O)N2CCCC2CCCCl)cn1. The Morgan fingerprint density at radius 3 is 3.12 bits per heavy atom. The number of hydrogen-bond acceptors (Lipinski definition) is 2. The Morgan fingerprint density at radius 1 is 1.65 bits per heavy atom. The fraction of sp³-hybridized carbons (Fsp3) is 0.667. The lowest BCUT2D eigenvalue weighted by molar-refractivity contribution is 0.0730. The third-order valence-electron chi connectivity index (χ3n) is 3.26. The van der Waals surface area contributed by atoms with Gasteiger partial charge < -0.3 is 4.90 Å². The second kappa shape index (κ2) is 5.54. The maximum Gasteiger partial charge on any atom is 0.257 e. The molecule has 0 bridgehead atoms. The number of rotatable bonds is 4. The molecule has 17 heavy (non-hydrogen) atoms. The van der Waals surface area contributed by atoms with E-state index in [0.717, 1.165) is 32.2 Å². The molecule has 1 amide bonds. The highest BCUT2D eigenvalue weighted by atomic mass is 35.5. The number of carbonyl (C=O) groups is 1. The van der Waals surface area contributed by atoms with Gasteiger partial charge in [-0.15, -0.1) is 11.6 Å². The van der Waals surface area contributed by atoms with Crippen molar-refractivity contribution in [3.63, 3.8) is 0 Å². The maximum absolute atomic E-state index is 12.3. The van der Waals surface area contributed by atoms with Crippen LogP contribution in [0.4, 0.5) is 0 Å². The number of halogens is 1. The van der Waals surface area contributed by atoms with Crippen molar-refractivity contribution in [1.29, 1.82) is 0 Å². The van der Waals surface area contributed by atoms with Gasteiger partial charge in [-0.05, 0) is 25.7 Å². The number of likely N-dealkylation sites (tertiary alicyclic amines) is 1. The van der Waals surface area contributed by atoms with E-state index in [-0.39, 0.29) is 5.91 Å². The molecule has 1 aliphatic rings. The van der Waals surface area contributed by atoms with Crippen molar-refractivity contribution in [2.45, 2.75) is 31.7 Å². The van der Waals surface area contributed by atoms with Crippen LogP contribution in [0.3, 0.4) is 0 Å². The molecule has 0 spiro atoms. The quantitative estimate of drug-likeness (QED) is 0.773. The van der Waals surface area contributed by atoms with Gasteiger partial charge in [-0.1, -0.05) is 0 Å². The molecule has 0 radical (unpaired) electrons.